The summed E-state index contributed by atoms with van der Waals surface area (Å²) in [5, 5.41) is 0. The zero-order valence-electron chi connectivity index (χ0n) is 16.5. The molecule has 1 aromatic rings. The Hall–Kier alpha value is -1.67. The highest BCUT2D eigenvalue weighted by atomic mass is 19.1. The number of rotatable bonds is 4. The molecule has 3 rings (SSSR count). The van der Waals surface area contributed by atoms with Crippen LogP contribution in [0.4, 0.5) is 14.5 Å². The Labute approximate surface area is 159 Å². The van der Waals surface area contributed by atoms with Crippen molar-refractivity contribution in [3.8, 4) is 0 Å². The van der Waals surface area contributed by atoms with E-state index in [1.54, 1.807) is 4.90 Å². The highest BCUT2D eigenvalue weighted by Crippen LogP contribution is 2.37. The molecule has 27 heavy (non-hydrogen) atoms. The van der Waals surface area contributed by atoms with Crippen molar-refractivity contribution < 1.29 is 27.6 Å². The van der Waals surface area contributed by atoms with E-state index in [9.17, 15) is 13.6 Å². The molecule has 2 aliphatic rings. The zero-order chi connectivity index (χ0) is 20.0. The van der Waals surface area contributed by atoms with Crippen LogP contribution < -0.4 is 10.4 Å². The third-order valence-electron chi connectivity index (χ3n) is 5.85. The third kappa shape index (κ3) is 3.83. The van der Waals surface area contributed by atoms with Gasteiger partial charge in [-0.05, 0) is 57.6 Å². The smallest absolute Gasteiger partial charge is 0.469 e. The van der Waals surface area contributed by atoms with Gasteiger partial charge in [0.25, 0.3) is 0 Å². The number of carbonyl (C=O) groups is 1. The second-order valence-electron chi connectivity index (χ2n) is 8.30. The molecule has 8 heteroatoms. The molecule has 5 nitrogen and oxygen atoms in total. The van der Waals surface area contributed by atoms with Gasteiger partial charge in [0.05, 0.1) is 24.7 Å². The zero-order valence-corrected chi connectivity index (χ0v) is 16.5. The van der Waals surface area contributed by atoms with E-state index in [-0.39, 0.29) is 24.0 Å². The van der Waals surface area contributed by atoms with Crippen molar-refractivity contribution in [3.63, 3.8) is 0 Å². The minimum atomic E-state index is -0.821. The first-order valence-corrected chi connectivity index (χ1v) is 9.20. The number of anilines is 1. The summed E-state index contributed by atoms with van der Waals surface area (Å²) in [5.41, 5.74) is -0.918. The number of hydrogen-bond acceptors (Lipinski definition) is 5. The van der Waals surface area contributed by atoms with Gasteiger partial charge in [0.15, 0.2) is 0 Å². The van der Waals surface area contributed by atoms with Gasteiger partial charge in [-0.2, -0.15) is 0 Å². The molecule has 2 heterocycles. The van der Waals surface area contributed by atoms with Crippen LogP contribution in [0.3, 0.4) is 0 Å². The molecular formula is C19H26BF2NO4. The van der Waals surface area contributed by atoms with Gasteiger partial charge in [-0.25, -0.2) is 8.78 Å². The van der Waals surface area contributed by atoms with E-state index in [4.69, 9.17) is 9.31 Å². The van der Waals surface area contributed by atoms with Crippen molar-refractivity contribution in [2.45, 2.75) is 51.7 Å². The lowest BCUT2D eigenvalue weighted by Crippen LogP contribution is -2.41. The number of ether oxygens (including phenoxy) is 1. The summed E-state index contributed by atoms with van der Waals surface area (Å²) < 4.78 is 46.0. The Morgan fingerprint density at radius 3 is 2.30 bits per heavy atom. The molecule has 0 bridgehead atoms. The Balaban J connectivity index is 1.78. The molecule has 0 aliphatic carbocycles. The molecule has 2 fully saturated rings. The first-order chi connectivity index (χ1) is 12.5. The Bertz CT molecular complexity index is 701. The number of methoxy groups -OCH3 is 1. The maximum atomic E-state index is 14.8. The van der Waals surface area contributed by atoms with Crippen molar-refractivity contribution in [2.24, 2.45) is 5.92 Å². The van der Waals surface area contributed by atoms with Gasteiger partial charge in [0.1, 0.15) is 17.3 Å². The van der Waals surface area contributed by atoms with E-state index in [2.05, 4.69) is 4.74 Å². The van der Waals surface area contributed by atoms with E-state index < -0.39 is 30.0 Å². The molecular weight excluding hydrogens is 355 g/mol. The molecule has 0 saturated carbocycles. The van der Waals surface area contributed by atoms with Crippen molar-refractivity contribution in [3.05, 3.63) is 23.8 Å². The van der Waals surface area contributed by atoms with Crippen LogP contribution in [0.15, 0.2) is 12.1 Å². The lowest BCUT2D eigenvalue weighted by molar-refractivity contribution is -0.141. The molecule has 1 aromatic carbocycles. The Morgan fingerprint density at radius 2 is 1.78 bits per heavy atom. The quantitative estimate of drug-likeness (QED) is 0.593. The number of hydrogen-bond donors (Lipinski definition) is 0. The van der Waals surface area contributed by atoms with E-state index in [1.807, 2.05) is 27.7 Å². The molecule has 0 aromatic heterocycles. The van der Waals surface area contributed by atoms with Gasteiger partial charge >= 0.3 is 13.1 Å². The predicted molar refractivity (Wildman–Crippen MR) is 99.0 cm³/mol. The van der Waals surface area contributed by atoms with E-state index in [0.29, 0.717) is 25.0 Å². The summed E-state index contributed by atoms with van der Waals surface area (Å²) in [6, 6.07) is 2.54. The van der Waals surface area contributed by atoms with Crippen LogP contribution in [0.1, 0.15) is 40.5 Å². The van der Waals surface area contributed by atoms with E-state index in [0.717, 1.165) is 0 Å². The van der Waals surface area contributed by atoms with E-state index in [1.165, 1.54) is 19.2 Å². The first-order valence-electron chi connectivity index (χ1n) is 9.20. The maximum Gasteiger partial charge on any atom is 0.495 e. The molecule has 1 atom stereocenters. The van der Waals surface area contributed by atoms with Crippen LogP contribution in [-0.2, 0) is 18.8 Å². The number of halogens is 2. The molecule has 0 unspecified atom stereocenters. The second-order valence-corrected chi connectivity index (χ2v) is 8.30. The fourth-order valence-corrected chi connectivity index (χ4v) is 3.52. The molecule has 2 aliphatic heterocycles. The third-order valence-corrected chi connectivity index (χ3v) is 5.85. The first kappa shape index (κ1) is 20.1. The van der Waals surface area contributed by atoms with Crippen LogP contribution >= 0.6 is 0 Å². The summed E-state index contributed by atoms with van der Waals surface area (Å²) in [4.78, 5) is 13.1. The maximum absolute atomic E-state index is 14.8. The fourth-order valence-electron chi connectivity index (χ4n) is 3.52. The topological polar surface area (TPSA) is 48.0 Å². The van der Waals surface area contributed by atoms with Crippen LogP contribution in [0, 0.1) is 17.6 Å². The average molecular weight is 381 g/mol. The number of carbonyl (C=O) groups excluding carboxylic acids is 1. The van der Waals surface area contributed by atoms with Crippen molar-refractivity contribution in [1.29, 1.82) is 0 Å². The summed E-state index contributed by atoms with van der Waals surface area (Å²) in [5.74, 6) is -1.59. The predicted octanol–water partition coefficient (Wildman–Crippen LogP) is 2.65. The van der Waals surface area contributed by atoms with Crippen LogP contribution in [-0.4, -0.2) is 44.5 Å². The van der Waals surface area contributed by atoms with Crippen LogP contribution in [0.5, 0.6) is 0 Å². The molecule has 148 valence electrons. The van der Waals surface area contributed by atoms with Gasteiger partial charge in [-0.3, -0.25) is 4.79 Å². The minimum Gasteiger partial charge on any atom is -0.469 e. The van der Waals surface area contributed by atoms with Crippen LogP contribution in [0.25, 0.3) is 0 Å². The number of nitrogens with zero attached hydrogens (tertiary/aromatic N) is 1. The lowest BCUT2D eigenvalue weighted by Gasteiger charge is -2.32. The summed E-state index contributed by atoms with van der Waals surface area (Å²) in [7, 11) is 0.516. The van der Waals surface area contributed by atoms with Crippen molar-refractivity contribution >= 4 is 24.2 Å². The van der Waals surface area contributed by atoms with Gasteiger partial charge in [0, 0.05) is 13.1 Å². The molecule has 0 spiro atoms. The van der Waals surface area contributed by atoms with Crippen molar-refractivity contribution in [1.82, 2.24) is 0 Å². The molecule has 2 saturated heterocycles. The molecule has 0 amide bonds. The largest absolute Gasteiger partial charge is 0.495 e. The Morgan fingerprint density at radius 1 is 1.22 bits per heavy atom. The van der Waals surface area contributed by atoms with Gasteiger partial charge < -0.3 is 18.9 Å². The summed E-state index contributed by atoms with van der Waals surface area (Å²) >= 11 is 0. The SMILES string of the molecule is COC(=O)C[C@H]1CCN(c2c(F)cc(B3OC(C)(C)C(C)(C)O3)cc2F)C1. The Kier molecular flexibility index (Phi) is 5.25. The average Bonchev–Trinajstić information content (AvgIpc) is 3.08. The highest BCUT2D eigenvalue weighted by Gasteiger charge is 2.52. The minimum absolute atomic E-state index is 0.0269. The lowest BCUT2D eigenvalue weighted by atomic mass is 9.79. The highest BCUT2D eigenvalue weighted by molar-refractivity contribution is 6.62. The molecule has 0 radical (unpaired) electrons. The van der Waals surface area contributed by atoms with Gasteiger partial charge in [-0.15, -0.1) is 0 Å². The molecule has 0 N–H and O–H groups in total. The summed E-state index contributed by atoms with van der Waals surface area (Å²) in [6.45, 7) is 8.46. The second kappa shape index (κ2) is 7.06. The number of esters is 1. The van der Waals surface area contributed by atoms with Gasteiger partial charge in [-0.1, -0.05) is 0 Å². The standard InChI is InChI=1S/C19H26BF2NO4/c1-18(2)19(3,4)27-20(26-18)13-9-14(21)17(15(22)10-13)23-7-6-12(11-23)8-16(24)25-5/h9-10,12H,6-8,11H2,1-5H3/t12-/m1/s1. The monoisotopic (exact) mass is 381 g/mol. The fraction of sp³-hybridized carbons (Fsp3) is 0.632. The van der Waals surface area contributed by atoms with Gasteiger partial charge in [0.2, 0.25) is 0 Å². The normalized spacial score (nSPS) is 23.7. The van der Waals surface area contributed by atoms with E-state index >= 15 is 0 Å². The van der Waals surface area contributed by atoms with Crippen molar-refractivity contribution in [2.75, 3.05) is 25.1 Å². The summed E-state index contributed by atoms with van der Waals surface area (Å²) in [6.07, 6.45) is 0.940. The number of benzene rings is 1. The van der Waals surface area contributed by atoms with Crippen LogP contribution in [0.2, 0.25) is 0 Å².